The minimum Gasteiger partial charge on any atom is -0.368 e. The number of nitrogens with zero attached hydrogens (tertiary/aromatic N) is 1. The summed E-state index contributed by atoms with van der Waals surface area (Å²) in [5.41, 5.74) is 8.11. The molecule has 0 aliphatic heterocycles. The second kappa shape index (κ2) is 7.83. The lowest BCUT2D eigenvalue weighted by molar-refractivity contribution is -0.122. The summed E-state index contributed by atoms with van der Waals surface area (Å²) in [6, 6.07) is 17.5. The van der Waals surface area contributed by atoms with Crippen LogP contribution in [0.1, 0.15) is 24.8 Å². The molecule has 1 saturated carbocycles. The van der Waals surface area contributed by atoms with E-state index in [1.165, 1.54) is 0 Å². The number of nitrogens with two attached hydrogens (primary N) is 1. The van der Waals surface area contributed by atoms with Crippen molar-refractivity contribution >= 4 is 23.2 Å². The molecule has 2 aromatic carbocycles. The van der Waals surface area contributed by atoms with Crippen molar-refractivity contribution in [3.8, 4) is 0 Å². The fourth-order valence-electron chi connectivity index (χ4n) is 2.93. The van der Waals surface area contributed by atoms with Crippen LogP contribution in [0.25, 0.3) is 0 Å². The van der Waals surface area contributed by atoms with E-state index in [2.05, 4.69) is 5.32 Å². The van der Waals surface area contributed by atoms with E-state index in [-0.39, 0.29) is 24.3 Å². The smallest absolute Gasteiger partial charge is 0.236 e. The molecule has 3 N–H and O–H groups in total. The molecule has 1 aliphatic rings. The summed E-state index contributed by atoms with van der Waals surface area (Å²) >= 11 is 0. The van der Waals surface area contributed by atoms with Gasteiger partial charge in [0.05, 0.1) is 6.54 Å². The van der Waals surface area contributed by atoms with Gasteiger partial charge in [-0.1, -0.05) is 42.8 Å². The quantitative estimate of drug-likeness (QED) is 0.816. The summed E-state index contributed by atoms with van der Waals surface area (Å²) in [7, 11) is 0. The molecule has 1 fully saturated rings. The van der Waals surface area contributed by atoms with E-state index in [0.29, 0.717) is 6.54 Å². The molecule has 0 aromatic heterocycles. The molecule has 5 heteroatoms. The van der Waals surface area contributed by atoms with Gasteiger partial charge in [0.25, 0.3) is 0 Å². The number of nitrogens with one attached hydrogen (secondary N) is 1. The van der Waals surface area contributed by atoms with Gasteiger partial charge in [-0.05, 0) is 36.6 Å². The Morgan fingerprint density at radius 3 is 2.48 bits per heavy atom. The number of benzene rings is 2. The Labute approximate surface area is 147 Å². The summed E-state index contributed by atoms with van der Waals surface area (Å²) in [5.74, 6) is -0.178. The van der Waals surface area contributed by atoms with Crippen LogP contribution in [-0.2, 0) is 16.1 Å². The van der Waals surface area contributed by atoms with Crippen LogP contribution in [0.15, 0.2) is 54.6 Å². The van der Waals surface area contributed by atoms with Crippen molar-refractivity contribution in [2.24, 2.45) is 11.7 Å². The summed E-state index contributed by atoms with van der Waals surface area (Å²) in [6.45, 7) is 0.693. The van der Waals surface area contributed by atoms with E-state index >= 15 is 0 Å². The monoisotopic (exact) mass is 337 g/mol. The van der Waals surface area contributed by atoms with Crippen molar-refractivity contribution in [3.63, 3.8) is 0 Å². The molecule has 0 heterocycles. The minimum absolute atomic E-state index is 0.0768. The molecule has 25 heavy (non-hydrogen) atoms. The third-order valence-electron chi connectivity index (χ3n) is 4.52. The first-order chi connectivity index (χ1) is 12.1. The summed E-state index contributed by atoms with van der Waals surface area (Å²) < 4.78 is 0. The van der Waals surface area contributed by atoms with Crippen LogP contribution in [0, 0.1) is 5.92 Å². The molecule has 2 aromatic rings. The summed E-state index contributed by atoms with van der Waals surface area (Å²) in [4.78, 5) is 25.5. The molecule has 0 atom stereocenters. The zero-order valence-corrected chi connectivity index (χ0v) is 14.2. The van der Waals surface area contributed by atoms with Gasteiger partial charge < -0.3 is 16.0 Å². The zero-order chi connectivity index (χ0) is 17.6. The van der Waals surface area contributed by atoms with E-state index in [1.807, 2.05) is 59.5 Å². The van der Waals surface area contributed by atoms with Gasteiger partial charge in [0.15, 0.2) is 0 Å². The number of carbonyl (C=O) groups excluding carboxylic acids is 2. The Morgan fingerprint density at radius 1 is 1.08 bits per heavy atom. The SMILES string of the molecule is NC(=O)CN(Cc1ccccc1)c1cccc(NC(=O)C2CCC2)c1. The third kappa shape index (κ3) is 4.59. The number of carbonyl (C=O) groups is 2. The van der Waals surface area contributed by atoms with Crippen LogP contribution < -0.4 is 16.0 Å². The topological polar surface area (TPSA) is 75.4 Å². The van der Waals surface area contributed by atoms with Crippen molar-refractivity contribution in [2.75, 3.05) is 16.8 Å². The maximum atomic E-state index is 12.1. The van der Waals surface area contributed by atoms with Crippen LogP contribution >= 0.6 is 0 Å². The highest BCUT2D eigenvalue weighted by molar-refractivity contribution is 5.93. The highest BCUT2D eigenvalue weighted by Crippen LogP contribution is 2.28. The Kier molecular flexibility index (Phi) is 5.33. The van der Waals surface area contributed by atoms with Crippen LogP contribution in [0.3, 0.4) is 0 Å². The molecule has 0 spiro atoms. The lowest BCUT2D eigenvalue weighted by Crippen LogP contribution is -2.33. The van der Waals surface area contributed by atoms with Crippen LogP contribution in [0.2, 0.25) is 0 Å². The van der Waals surface area contributed by atoms with E-state index in [0.717, 1.165) is 36.2 Å². The Bertz CT molecular complexity index is 742. The second-order valence-electron chi connectivity index (χ2n) is 6.48. The van der Waals surface area contributed by atoms with Gasteiger partial charge in [0.1, 0.15) is 0 Å². The van der Waals surface area contributed by atoms with Crippen LogP contribution in [0.4, 0.5) is 11.4 Å². The molecule has 2 amide bonds. The molecule has 3 rings (SSSR count). The van der Waals surface area contributed by atoms with Crippen LogP contribution in [0.5, 0.6) is 0 Å². The van der Waals surface area contributed by atoms with E-state index in [9.17, 15) is 9.59 Å². The molecular weight excluding hydrogens is 314 g/mol. The van der Waals surface area contributed by atoms with E-state index < -0.39 is 0 Å². The average Bonchev–Trinajstić information content (AvgIpc) is 2.53. The Morgan fingerprint density at radius 2 is 1.84 bits per heavy atom. The van der Waals surface area contributed by atoms with Gasteiger partial charge in [-0.25, -0.2) is 0 Å². The maximum absolute atomic E-state index is 12.1. The fourth-order valence-corrected chi connectivity index (χ4v) is 2.93. The van der Waals surface area contributed by atoms with Gasteiger partial charge in [-0.3, -0.25) is 9.59 Å². The van der Waals surface area contributed by atoms with E-state index in [4.69, 9.17) is 5.73 Å². The van der Waals surface area contributed by atoms with Gasteiger partial charge in [0.2, 0.25) is 11.8 Å². The summed E-state index contributed by atoms with van der Waals surface area (Å²) in [6.07, 6.45) is 3.06. The number of hydrogen-bond donors (Lipinski definition) is 2. The Hall–Kier alpha value is -2.82. The first kappa shape index (κ1) is 17.0. The Balaban J connectivity index is 1.76. The molecule has 0 saturated heterocycles. The van der Waals surface area contributed by atoms with Gasteiger partial charge in [-0.2, -0.15) is 0 Å². The van der Waals surface area contributed by atoms with Gasteiger partial charge in [0, 0.05) is 23.8 Å². The number of hydrogen-bond acceptors (Lipinski definition) is 3. The minimum atomic E-state index is -0.389. The molecule has 1 aliphatic carbocycles. The molecule has 0 radical (unpaired) electrons. The molecule has 5 nitrogen and oxygen atoms in total. The van der Waals surface area contributed by atoms with Crippen molar-refractivity contribution in [1.82, 2.24) is 0 Å². The molecule has 0 unspecified atom stereocenters. The number of rotatable bonds is 7. The van der Waals surface area contributed by atoms with E-state index in [1.54, 1.807) is 0 Å². The number of primary amides is 1. The third-order valence-corrected chi connectivity index (χ3v) is 4.52. The normalized spacial score (nSPS) is 13.8. The van der Waals surface area contributed by atoms with Crippen molar-refractivity contribution in [2.45, 2.75) is 25.8 Å². The van der Waals surface area contributed by atoms with Crippen molar-refractivity contribution < 1.29 is 9.59 Å². The predicted molar refractivity (Wildman–Crippen MR) is 99.1 cm³/mol. The number of amides is 2. The highest BCUT2D eigenvalue weighted by Gasteiger charge is 2.25. The van der Waals surface area contributed by atoms with Gasteiger partial charge >= 0.3 is 0 Å². The number of anilines is 2. The molecule has 130 valence electrons. The first-order valence-electron chi connectivity index (χ1n) is 8.60. The predicted octanol–water partition coefficient (Wildman–Crippen LogP) is 2.92. The first-order valence-corrected chi connectivity index (χ1v) is 8.60. The van der Waals surface area contributed by atoms with Crippen molar-refractivity contribution in [3.05, 3.63) is 60.2 Å². The molecule has 0 bridgehead atoms. The lowest BCUT2D eigenvalue weighted by Gasteiger charge is -2.26. The second-order valence-corrected chi connectivity index (χ2v) is 6.48. The van der Waals surface area contributed by atoms with Gasteiger partial charge in [-0.15, -0.1) is 0 Å². The standard InChI is InChI=1S/C20H23N3O2/c21-19(24)14-23(13-15-6-2-1-3-7-15)18-11-5-10-17(12-18)22-20(25)16-8-4-9-16/h1-3,5-7,10-12,16H,4,8-9,13-14H2,(H2,21,24)(H,22,25). The highest BCUT2D eigenvalue weighted by atomic mass is 16.2. The lowest BCUT2D eigenvalue weighted by atomic mass is 9.85. The molecular formula is C20H23N3O2. The fraction of sp³-hybridized carbons (Fsp3) is 0.300. The maximum Gasteiger partial charge on any atom is 0.236 e. The van der Waals surface area contributed by atoms with Crippen molar-refractivity contribution in [1.29, 1.82) is 0 Å². The zero-order valence-electron chi connectivity index (χ0n) is 14.2. The summed E-state index contributed by atoms with van der Waals surface area (Å²) in [5, 5.41) is 2.97. The van der Waals surface area contributed by atoms with Crippen LogP contribution in [-0.4, -0.2) is 18.4 Å². The average molecular weight is 337 g/mol. The largest absolute Gasteiger partial charge is 0.368 e.